The fourth-order valence-corrected chi connectivity index (χ4v) is 3.69. The number of anilines is 1. The Morgan fingerprint density at radius 2 is 1.92 bits per heavy atom. The van der Waals surface area contributed by atoms with E-state index >= 15 is 0 Å². The Kier molecular flexibility index (Phi) is 4.92. The van der Waals surface area contributed by atoms with Crippen LogP contribution >= 0.6 is 0 Å². The van der Waals surface area contributed by atoms with Crippen LogP contribution in [0.15, 0.2) is 24.3 Å². The van der Waals surface area contributed by atoms with Crippen LogP contribution in [0.25, 0.3) is 0 Å². The fraction of sp³-hybridized carbons (Fsp3) is 0.500. The quantitative estimate of drug-likeness (QED) is 0.860. The van der Waals surface area contributed by atoms with E-state index in [2.05, 4.69) is 5.32 Å². The summed E-state index contributed by atoms with van der Waals surface area (Å²) < 4.78 is 18.1. The number of rotatable bonds is 4. The van der Waals surface area contributed by atoms with Gasteiger partial charge >= 0.3 is 5.97 Å². The van der Waals surface area contributed by atoms with Gasteiger partial charge in [0.1, 0.15) is 11.6 Å². The number of carbonyl (C=O) groups excluding carboxylic acids is 3. The van der Waals surface area contributed by atoms with Crippen molar-refractivity contribution in [1.29, 1.82) is 0 Å². The van der Waals surface area contributed by atoms with Gasteiger partial charge in [0, 0.05) is 17.5 Å². The van der Waals surface area contributed by atoms with Crippen molar-refractivity contribution in [1.82, 2.24) is 0 Å². The van der Waals surface area contributed by atoms with Crippen molar-refractivity contribution >= 4 is 23.3 Å². The molecule has 2 aliphatic rings. The third kappa shape index (κ3) is 3.80. The number of hydrogen-bond donors (Lipinski definition) is 1. The minimum absolute atomic E-state index is 0.0313. The summed E-state index contributed by atoms with van der Waals surface area (Å²) in [6.07, 6.45) is 3.79. The van der Waals surface area contributed by atoms with Crippen molar-refractivity contribution in [3.05, 3.63) is 30.1 Å². The van der Waals surface area contributed by atoms with Crippen LogP contribution in [0.2, 0.25) is 0 Å². The van der Waals surface area contributed by atoms with Crippen molar-refractivity contribution in [3.63, 3.8) is 0 Å². The van der Waals surface area contributed by atoms with E-state index in [9.17, 15) is 18.8 Å². The molecule has 1 aromatic rings. The van der Waals surface area contributed by atoms with E-state index in [1.807, 2.05) is 0 Å². The molecule has 2 bridgehead atoms. The molecule has 0 saturated heterocycles. The van der Waals surface area contributed by atoms with Crippen molar-refractivity contribution in [2.24, 2.45) is 17.8 Å². The zero-order chi connectivity index (χ0) is 17.1. The Morgan fingerprint density at radius 1 is 1.21 bits per heavy atom. The van der Waals surface area contributed by atoms with Crippen LogP contribution in [-0.4, -0.2) is 24.3 Å². The summed E-state index contributed by atoms with van der Waals surface area (Å²) in [5.74, 6) is -1.47. The highest BCUT2D eigenvalue weighted by molar-refractivity contribution is 5.93. The second-order valence-electron chi connectivity index (χ2n) is 6.56. The average molecular weight is 333 g/mol. The molecular formula is C18H20FNO4. The molecule has 0 aliphatic heterocycles. The van der Waals surface area contributed by atoms with Crippen LogP contribution in [0.1, 0.15) is 32.1 Å². The summed E-state index contributed by atoms with van der Waals surface area (Å²) in [7, 11) is 0. The zero-order valence-corrected chi connectivity index (χ0v) is 13.3. The maximum atomic E-state index is 13.1. The molecule has 2 atom stereocenters. The number of benzene rings is 1. The van der Waals surface area contributed by atoms with E-state index in [4.69, 9.17) is 4.74 Å². The molecule has 5 nitrogen and oxygen atoms in total. The lowest BCUT2D eigenvalue weighted by molar-refractivity contribution is -0.155. The highest BCUT2D eigenvalue weighted by Gasteiger charge is 2.41. The van der Waals surface area contributed by atoms with Crippen LogP contribution < -0.4 is 5.32 Å². The lowest BCUT2D eigenvalue weighted by Gasteiger charge is -2.36. The first-order valence-corrected chi connectivity index (χ1v) is 8.28. The van der Waals surface area contributed by atoms with Gasteiger partial charge in [-0.25, -0.2) is 4.39 Å². The number of hydrogen-bond acceptors (Lipinski definition) is 4. The number of fused-ring (bicyclic) bond motifs is 2. The van der Waals surface area contributed by atoms with Crippen LogP contribution in [0.4, 0.5) is 10.1 Å². The van der Waals surface area contributed by atoms with Gasteiger partial charge in [-0.2, -0.15) is 0 Å². The number of ketones is 1. The van der Waals surface area contributed by atoms with Gasteiger partial charge in [0.15, 0.2) is 6.61 Å². The highest BCUT2D eigenvalue weighted by atomic mass is 19.1. The molecule has 0 heterocycles. The van der Waals surface area contributed by atoms with Crippen molar-refractivity contribution < 1.29 is 23.5 Å². The van der Waals surface area contributed by atoms with Gasteiger partial charge in [-0.1, -0.05) is 12.5 Å². The lowest BCUT2D eigenvalue weighted by atomic mass is 9.67. The summed E-state index contributed by atoms with van der Waals surface area (Å²) in [6.45, 7) is -0.408. The second-order valence-corrected chi connectivity index (χ2v) is 6.56. The first kappa shape index (κ1) is 16.6. The average Bonchev–Trinajstić information content (AvgIpc) is 2.52. The first-order valence-electron chi connectivity index (χ1n) is 8.28. The Morgan fingerprint density at radius 3 is 2.58 bits per heavy atom. The normalized spacial score (nSPS) is 25.9. The van der Waals surface area contributed by atoms with Gasteiger partial charge in [-0.15, -0.1) is 0 Å². The van der Waals surface area contributed by atoms with Gasteiger partial charge in [0.25, 0.3) is 5.91 Å². The topological polar surface area (TPSA) is 72.5 Å². The van der Waals surface area contributed by atoms with Gasteiger partial charge < -0.3 is 10.1 Å². The van der Waals surface area contributed by atoms with E-state index in [1.54, 1.807) is 6.07 Å². The molecule has 0 radical (unpaired) electrons. The summed E-state index contributed by atoms with van der Waals surface area (Å²) >= 11 is 0. The number of amides is 1. The lowest BCUT2D eigenvalue weighted by Crippen LogP contribution is -2.40. The van der Waals surface area contributed by atoms with E-state index < -0.39 is 24.3 Å². The minimum Gasteiger partial charge on any atom is -0.455 e. The predicted octanol–water partition coefficient (Wildman–Crippen LogP) is 2.70. The van der Waals surface area contributed by atoms with E-state index in [0.717, 1.165) is 19.3 Å². The molecule has 1 aromatic carbocycles. The molecule has 6 heteroatoms. The minimum atomic E-state index is -0.513. The van der Waals surface area contributed by atoms with E-state index in [0.29, 0.717) is 18.5 Å². The number of ether oxygens (including phenoxy) is 1. The molecule has 1 N–H and O–H groups in total. The molecule has 1 amide bonds. The molecule has 2 fully saturated rings. The van der Waals surface area contributed by atoms with Crippen molar-refractivity contribution in [3.8, 4) is 0 Å². The smallest absolute Gasteiger partial charge is 0.309 e. The molecule has 2 aliphatic carbocycles. The molecule has 128 valence electrons. The monoisotopic (exact) mass is 333 g/mol. The maximum Gasteiger partial charge on any atom is 0.309 e. The first-order chi connectivity index (χ1) is 11.5. The Balaban J connectivity index is 1.48. The fourth-order valence-electron chi connectivity index (χ4n) is 3.69. The number of Topliss-reactive ketones (excluding diaryl/α,β-unsaturated/α-hetero) is 1. The molecule has 0 unspecified atom stereocenters. The number of halogens is 1. The van der Waals surface area contributed by atoms with Crippen molar-refractivity contribution in [2.45, 2.75) is 32.1 Å². The van der Waals surface area contributed by atoms with Crippen LogP contribution in [0.5, 0.6) is 0 Å². The number of nitrogens with one attached hydrogen (secondary N) is 1. The van der Waals surface area contributed by atoms with E-state index in [1.165, 1.54) is 18.2 Å². The summed E-state index contributed by atoms with van der Waals surface area (Å²) in [6, 6.07) is 5.50. The van der Waals surface area contributed by atoms with Gasteiger partial charge in [0.05, 0.1) is 5.92 Å². The Bertz CT molecular complexity index is 644. The van der Waals surface area contributed by atoms with E-state index in [-0.39, 0.29) is 23.5 Å². The molecular weight excluding hydrogens is 313 g/mol. The SMILES string of the molecule is O=C(COC(=O)C1C[C@@H]2CCC[C@@H](C1)C2=O)Nc1cccc(F)c1. The van der Waals surface area contributed by atoms with Gasteiger partial charge in [-0.05, 0) is 43.9 Å². The summed E-state index contributed by atoms with van der Waals surface area (Å²) in [5.41, 5.74) is 0.314. The number of esters is 1. The molecule has 0 aromatic heterocycles. The Hall–Kier alpha value is -2.24. The van der Waals surface area contributed by atoms with Gasteiger partial charge in [0.2, 0.25) is 0 Å². The second kappa shape index (κ2) is 7.11. The zero-order valence-electron chi connectivity index (χ0n) is 13.3. The standard InChI is InChI=1S/C18H20FNO4/c19-14-5-2-6-15(9-14)20-16(21)10-24-18(23)13-7-11-3-1-4-12(8-13)17(11)22/h2,5-6,9,11-13H,1,3-4,7-8,10H2,(H,20,21)/t11-,12-/m0/s1. The van der Waals surface area contributed by atoms with Crippen molar-refractivity contribution in [2.75, 3.05) is 11.9 Å². The van der Waals surface area contributed by atoms with Gasteiger partial charge in [-0.3, -0.25) is 14.4 Å². The third-order valence-corrected chi connectivity index (χ3v) is 4.84. The Labute approximate surface area is 139 Å². The van der Waals surface area contributed by atoms with Crippen LogP contribution in [-0.2, 0) is 19.1 Å². The maximum absolute atomic E-state index is 13.1. The number of carbonyl (C=O) groups is 3. The van der Waals surface area contributed by atoms with Crippen LogP contribution in [0.3, 0.4) is 0 Å². The summed E-state index contributed by atoms with van der Waals surface area (Å²) in [5, 5.41) is 2.48. The third-order valence-electron chi connectivity index (χ3n) is 4.84. The molecule has 0 spiro atoms. The highest BCUT2D eigenvalue weighted by Crippen LogP contribution is 2.40. The van der Waals surface area contributed by atoms with Crippen LogP contribution in [0, 0.1) is 23.6 Å². The molecule has 2 saturated carbocycles. The predicted molar refractivity (Wildman–Crippen MR) is 84.6 cm³/mol. The largest absolute Gasteiger partial charge is 0.455 e. The molecule has 3 rings (SSSR count). The molecule has 24 heavy (non-hydrogen) atoms. The summed E-state index contributed by atoms with van der Waals surface area (Å²) in [4.78, 5) is 36.0.